The van der Waals surface area contributed by atoms with Crippen LogP contribution in [0, 0.1) is 0 Å². The second-order valence-electron chi connectivity index (χ2n) is 9.10. The van der Waals surface area contributed by atoms with Gasteiger partial charge in [-0.25, -0.2) is 0 Å². The van der Waals surface area contributed by atoms with Gasteiger partial charge in [0, 0.05) is 66.8 Å². The number of unbranched alkanes of at least 4 members (excludes halogenated alkanes) is 1. The minimum absolute atomic E-state index is 0.818. The molecule has 0 saturated carbocycles. The summed E-state index contributed by atoms with van der Waals surface area (Å²) >= 11 is 0. The highest BCUT2D eigenvalue weighted by Crippen LogP contribution is 2.29. The van der Waals surface area contributed by atoms with Crippen molar-refractivity contribution in [3.63, 3.8) is 0 Å². The maximum atomic E-state index is 5.76. The molecule has 0 bridgehead atoms. The molecule has 0 atom stereocenters. The summed E-state index contributed by atoms with van der Waals surface area (Å²) < 4.78 is 2.51. The summed E-state index contributed by atoms with van der Waals surface area (Å²) in [7, 11) is 0. The number of piperazine rings is 1. The van der Waals surface area contributed by atoms with Gasteiger partial charge in [-0.1, -0.05) is 60.7 Å². The Morgan fingerprint density at radius 2 is 1.24 bits per heavy atom. The molecule has 170 valence electrons. The van der Waals surface area contributed by atoms with E-state index in [1.54, 1.807) is 0 Å². The van der Waals surface area contributed by atoms with E-state index in [1.165, 1.54) is 59.8 Å². The summed E-state index contributed by atoms with van der Waals surface area (Å²) in [6.07, 6.45) is 6.93. The summed E-state index contributed by atoms with van der Waals surface area (Å²) in [5.74, 6) is 0. The molecule has 33 heavy (non-hydrogen) atoms. The van der Waals surface area contributed by atoms with E-state index in [4.69, 9.17) is 5.73 Å². The van der Waals surface area contributed by atoms with Crippen molar-refractivity contribution < 1.29 is 0 Å². The van der Waals surface area contributed by atoms with Gasteiger partial charge in [-0.15, -0.1) is 0 Å². The summed E-state index contributed by atoms with van der Waals surface area (Å²) in [5, 5.41) is 2.74. The summed E-state index contributed by atoms with van der Waals surface area (Å²) in [6, 6.07) is 25.7. The van der Waals surface area contributed by atoms with Crippen LogP contribution in [0.25, 0.3) is 27.9 Å². The lowest BCUT2D eigenvalue weighted by Gasteiger charge is -2.34. The Bertz CT molecular complexity index is 1160. The Kier molecular flexibility index (Phi) is 6.75. The van der Waals surface area contributed by atoms with Crippen LogP contribution < -0.4 is 5.73 Å². The minimum Gasteiger partial charge on any atom is -0.399 e. The molecule has 1 fully saturated rings. The molecule has 1 aliphatic rings. The number of para-hydroxylation sites is 2. The van der Waals surface area contributed by atoms with Crippen LogP contribution >= 0.6 is 0 Å². The number of nitrogens with zero attached hydrogens (tertiary/aromatic N) is 3. The fraction of sp³-hybridized carbons (Fsp3) is 0.310. The van der Waals surface area contributed by atoms with Crippen molar-refractivity contribution in [2.75, 3.05) is 45.0 Å². The van der Waals surface area contributed by atoms with E-state index in [-0.39, 0.29) is 0 Å². The first-order valence-electron chi connectivity index (χ1n) is 12.2. The molecule has 0 spiro atoms. The molecule has 0 radical (unpaired) electrons. The summed E-state index contributed by atoms with van der Waals surface area (Å²) in [5.41, 5.74) is 10.5. The first-order chi connectivity index (χ1) is 16.3. The lowest BCUT2D eigenvalue weighted by Crippen LogP contribution is -2.46. The molecule has 4 nitrogen and oxygen atoms in total. The van der Waals surface area contributed by atoms with Crippen molar-refractivity contribution in [3.05, 3.63) is 84.4 Å². The number of aryl methyl sites for hydroxylation is 1. The highest BCUT2D eigenvalue weighted by molar-refractivity contribution is 6.07. The van der Waals surface area contributed by atoms with Crippen LogP contribution in [0.3, 0.4) is 0 Å². The zero-order valence-electron chi connectivity index (χ0n) is 19.4. The fourth-order valence-electron chi connectivity index (χ4n) is 4.99. The third kappa shape index (κ3) is 5.13. The smallest absolute Gasteiger partial charge is 0.0491 e. The highest BCUT2D eigenvalue weighted by Gasteiger charge is 2.15. The molecule has 2 heterocycles. The first-order valence-corrected chi connectivity index (χ1v) is 12.2. The van der Waals surface area contributed by atoms with Gasteiger partial charge in [0.25, 0.3) is 0 Å². The number of fused-ring (bicyclic) bond motifs is 3. The Hall–Kier alpha value is -3.08. The largest absolute Gasteiger partial charge is 0.399 e. The number of benzene rings is 3. The average molecular weight is 439 g/mol. The van der Waals surface area contributed by atoms with Crippen molar-refractivity contribution in [2.24, 2.45) is 0 Å². The second-order valence-corrected chi connectivity index (χ2v) is 9.10. The molecule has 1 saturated heterocycles. The van der Waals surface area contributed by atoms with Gasteiger partial charge in [0.05, 0.1) is 0 Å². The third-order valence-corrected chi connectivity index (χ3v) is 6.86. The number of aromatic nitrogens is 1. The Morgan fingerprint density at radius 1 is 0.667 bits per heavy atom. The van der Waals surface area contributed by atoms with Gasteiger partial charge < -0.3 is 15.2 Å². The van der Waals surface area contributed by atoms with E-state index in [9.17, 15) is 0 Å². The molecule has 0 amide bonds. The third-order valence-electron chi connectivity index (χ3n) is 6.86. The van der Waals surface area contributed by atoms with Crippen molar-refractivity contribution in [3.8, 4) is 0 Å². The van der Waals surface area contributed by atoms with Crippen molar-refractivity contribution in [1.82, 2.24) is 14.4 Å². The number of nitrogens with two attached hydrogens (primary N) is 1. The van der Waals surface area contributed by atoms with Crippen molar-refractivity contribution in [1.29, 1.82) is 0 Å². The molecule has 4 aromatic rings. The quantitative estimate of drug-likeness (QED) is 0.292. The van der Waals surface area contributed by atoms with E-state index in [0.29, 0.717) is 0 Å². The lowest BCUT2D eigenvalue weighted by molar-refractivity contribution is 0.140. The Balaban J connectivity index is 1.07. The van der Waals surface area contributed by atoms with Gasteiger partial charge in [-0.05, 0) is 49.2 Å². The monoisotopic (exact) mass is 438 g/mol. The predicted molar refractivity (Wildman–Crippen MR) is 141 cm³/mol. The molecule has 2 N–H and O–H groups in total. The van der Waals surface area contributed by atoms with Crippen LogP contribution in [0.5, 0.6) is 0 Å². The first kappa shape index (κ1) is 21.7. The maximum Gasteiger partial charge on any atom is 0.0491 e. The van der Waals surface area contributed by atoms with E-state index >= 15 is 0 Å². The van der Waals surface area contributed by atoms with E-state index < -0.39 is 0 Å². The summed E-state index contributed by atoms with van der Waals surface area (Å²) in [4.78, 5) is 5.18. The molecular formula is C29H34N4. The van der Waals surface area contributed by atoms with Gasteiger partial charge >= 0.3 is 0 Å². The van der Waals surface area contributed by atoms with Crippen LogP contribution in [0.1, 0.15) is 18.4 Å². The maximum absolute atomic E-state index is 5.76. The highest BCUT2D eigenvalue weighted by atomic mass is 15.3. The van der Waals surface area contributed by atoms with Crippen LogP contribution in [0.15, 0.2) is 78.9 Å². The summed E-state index contributed by atoms with van der Waals surface area (Å²) in [6.45, 7) is 7.95. The van der Waals surface area contributed by atoms with Crippen LogP contribution in [0.2, 0.25) is 0 Å². The number of nitrogen functional groups attached to an aromatic ring is 1. The van der Waals surface area contributed by atoms with Gasteiger partial charge in [0.2, 0.25) is 0 Å². The Labute approximate surface area is 196 Å². The van der Waals surface area contributed by atoms with Gasteiger partial charge in [0.15, 0.2) is 0 Å². The molecule has 4 heteroatoms. The van der Waals surface area contributed by atoms with Crippen molar-refractivity contribution in [2.45, 2.75) is 19.4 Å². The molecule has 1 aliphatic heterocycles. The standard InChI is InChI=1S/C29H34N4/c30-25-15-13-24(14-16-25)8-7-18-32-22-20-31(21-23-32)17-5-6-19-33-28-11-3-1-9-26(28)27-10-2-4-12-29(27)33/h1-4,7-16H,5-6,17-23,30H2/b8-7+. The fourth-order valence-corrected chi connectivity index (χ4v) is 4.99. The SMILES string of the molecule is Nc1ccc(/C=C/CN2CCN(CCCCn3c4ccccc4c4ccccc43)CC2)cc1. The van der Waals surface area contributed by atoms with E-state index in [0.717, 1.165) is 31.9 Å². The molecule has 1 aromatic heterocycles. The normalized spacial score (nSPS) is 15.8. The molecular weight excluding hydrogens is 404 g/mol. The topological polar surface area (TPSA) is 37.4 Å². The van der Waals surface area contributed by atoms with Crippen molar-refractivity contribution >= 4 is 33.6 Å². The van der Waals surface area contributed by atoms with Gasteiger partial charge in [0.1, 0.15) is 0 Å². The number of hydrogen-bond donors (Lipinski definition) is 1. The number of anilines is 1. The van der Waals surface area contributed by atoms with E-state index in [1.807, 2.05) is 12.1 Å². The average Bonchev–Trinajstić information content (AvgIpc) is 3.18. The molecule has 5 rings (SSSR count). The second kappa shape index (κ2) is 10.2. The van der Waals surface area contributed by atoms with Crippen LogP contribution in [0.4, 0.5) is 5.69 Å². The molecule has 0 unspecified atom stereocenters. The minimum atomic E-state index is 0.818. The Morgan fingerprint density at radius 3 is 1.91 bits per heavy atom. The van der Waals surface area contributed by atoms with Crippen LogP contribution in [-0.4, -0.2) is 53.6 Å². The van der Waals surface area contributed by atoms with Crippen LogP contribution in [-0.2, 0) is 6.54 Å². The zero-order chi connectivity index (χ0) is 22.5. The predicted octanol–water partition coefficient (Wildman–Crippen LogP) is 5.49. The number of rotatable bonds is 8. The zero-order valence-corrected chi connectivity index (χ0v) is 19.4. The molecule has 3 aromatic carbocycles. The lowest BCUT2D eigenvalue weighted by atomic mass is 10.2. The van der Waals surface area contributed by atoms with Gasteiger partial charge in [-0.2, -0.15) is 0 Å². The molecule has 0 aliphatic carbocycles. The number of hydrogen-bond acceptors (Lipinski definition) is 3. The van der Waals surface area contributed by atoms with E-state index in [2.05, 4.69) is 87.2 Å². The van der Waals surface area contributed by atoms with Gasteiger partial charge in [-0.3, -0.25) is 4.90 Å².